The highest BCUT2D eigenvalue weighted by Crippen LogP contribution is 2.29. The highest BCUT2D eigenvalue weighted by Gasteiger charge is 2.50. The molecule has 0 bridgehead atoms. The van der Waals surface area contributed by atoms with Gasteiger partial charge in [0.1, 0.15) is 0 Å². The Kier molecular flexibility index (Phi) is 9.55. The normalized spacial score (nSPS) is 25.9. The van der Waals surface area contributed by atoms with Crippen LogP contribution in [0.4, 0.5) is 13.2 Å². The molecule has 1 aliphatic carbocycles. The molecule has 2 unspecified atom stereocenters. The number of alkyl halides is 3. The fourth-order valence-corrected chi connectivity index (χ4v) is 4.32. The number of aliphatic imine (C=N–C) groups is 1. The number of nitrogens with one attached hydrogen (secondary N) is 2. The van der Waals surface area contributed by atoms with Crippen LogP contribution >= 0.6 is 24.0 Å². The van der Waals surface area contributed by atoms with Crippen molar-refractivity contribution in [3.63, 3.8) is 0 Å². The molecule has 3 N–H and O–H groups in total. The lowest BCUT2D eigenvalue weighted by Gasteiger charge is -2.32. The van der Waals surface area contributed by atoms with Crippen molar-refractivity contribution < 1.29 is 26.7 Å². The molecule has 0 amide bonds. The van der Waals surface area contributed by atoms with E-state index in [2.05, 4.69) is 15.6 Å². The molecule has 2 atom stereocenters. The Morgan fingerprint density at radius 2 is 1.85 bits per heavy atom. The molecule has 7 nitrogen and oxygen atoms in total. The van der Waals surface area contributed by atoms with Crippen LogP contribution in [0.15, 0.2) is 4.99 Å². The predicted octanol–water partition coefficient (Wildman–Crippen LogP) is 1.63. The average Bonchev–Trinajstić information content (AvgIpc) is 2.97. The van der Waals surface area contributed by atoms with E-state index in [1.54, 1.807) is 0 Å². The molecule has 0 spiro atoms. The Morgan fingerprint density at radius 3 is 2.33 bits per heavy atom. The minimum atomic E-state index is -5.26. The fraction of sp³-hybridized carbons (Fsp3) is 0.933. The standard InChI is InChI=1S/C15H27F3N4O3S.HI/c1-2-19-14(20-10-11-4-3-5-13(11)23)21-12-6-8-22(9-7-12)26(24,25)15(16,17)18;/h11-13,23H,2-10H2,1H3,(H2,19,20,21);1H. The topological polar surface area (TPSA) is 94.0 Å². The lowest BCUT2D eigenvalue weighted by molar-refractivity contribution is -0.0494. The van der Waals surface area contributed by atoms with Crippen LogP contribution in [-0.2, 0) is 10.0 Å². The summed E-state index contributed by atoms with van der Waals surface area (Å²) in [5.41, 5.74) is -5.26. The number of nitrogens with zero attached hydrogens (tertiary/aromatic N) is 2. The van der Waals surface area contributed by atoms with Gasteiger partial charge in [-0.3, -0.25) is 4.99 Å². The Bertz CT molecular complexity index is 596. The van der Waals surface area contributed by atoms with Crippen molar-refractivity contribution in [2.45, 2.75) is 56.7 Å². The zero-order valence-electron chi connectivity index (χ0n) is 15.2. The van der Waals surface area contributed by atoms with E-state index in [9.17, 15) is 26.7 Å². The van der Waals surface area contributed by atoms with Crippen LogP contribution in [0.5, 0.6) is 0 Å². The summed E-state index contributed by atoms with van der Waals surface area (Å²) in [5, 5.41) is 16.1. The van der Waals surface area contributed by atoms with Crippen LogP contribution in [0, 0.1) is 5.92 Å². The maximum atomic E-state index is 12.6. The minimum absolute atomic E-state index is 0. The van der Waals surface area contributed by atoms with Crippen molar-refractivity contribution in [2.75, 3.05) is 26.2 Å². The molecule has 0 aromatic heterocycles. The maximum Gasteiger partial charge on any atom is 0.511 e. The second-order valence-electron chi connectivity index (χ2n) is 6.75. The van der Waals surface area contributed by atoms with Crippen molar-refractivity contribution >= 4 is 40.0 Å². The number of hydrogen-bond acceptors (Lipinski definition) is 4. The van der Waals surface area contributed by atoms with Gasteiger partial charge in [-0.05, 0) is 32.6 Å². The molecule has 12 heteroatoms. The number of sulfonamides is 1. The predicted molar refractivity (Wildman–Crippen MR) is 107 cm³/mol. The smallest absolute Gasteiger partial charge is 0.393 e. The first kappa shape index (κ1) is 24.7. The average molecular weight is 528 g/mol. The number of guanidine groups is 1. The third-order valence-corrected chi connectivity index (χ3v) is 6.50. The van der Waals surface area contributed by atoms with E-state index in [-0.39, 0.29) is 68.0 Å². The largest absolute Gasteiger partial charge is 0.511 e. The zero-order chi connectivity index (χ0) is 19.4. The number of aliphatic hydroxyl groups is 1. The van der Waals surface area contributed by atoms with E-state index in [0.29, 0.717) is 23.4 Å². The number of rotatable bonds is 5. The van der Waals surface area contributed by atoms with Crippen LogP contribution in [0.25, 0.3) is 0 Å². The van der Waals surface area contributed by atoms with E-state index in [1.807, 2.05) is 6.92 Å². The van der Waals surface area contributed by atoms with Gasteiger partial charge in [0.2, 0.25) is 0 Å². The molecule has 1 aliphatic heterocycles. The first-order valence-electron chi connectivity index (χ1n) is 8.94. The molecule has 2 aliphatic rings. The van der Waals surface area contributed by atoms with Crippen LogP contribution < -0.4 is 10.6 Å². The molecular formula is C15H28F3IN4O3S. The number of piperidine rings is 1. The first-order chi connectivity index (χ1) is 12.1. The fourth-order valence-electron chi connectivity index (χ4n) is 3.34. The van der Waals surface area contributed by atoms with Gasteiger partial charge in [0.05, 0.1) is 6.10 Å². The van der Waals surface area contributed by atoms with Crippen molar-refractivity contribution in [1.29, 1.82) is 0 Å². The summed E-state index contributed by atoms with van der Waals surface area (Å²) < 4.78 is 61.2. The number of aliphatic hydroxyl groups excluding tert-OH is 1. The molecule has 0 aromatic rings. The molecule has 0 radical (unpaired) electrons. The van der Waals surface area contributed by atoms with Crippen molar-refractivity contribution in [3.05, 3.63) is 0 Å². The van der Waals surface area contributed by atoms with Gasteiger partial charge >= 0.3 is 15.5 Å². The van der Waals surface area contributed by atoms with E-state index in [0.717, 1.165) is 19.3 Å². The van der Waals surface area contributed by atoms with Gasteiger partial charge in [0, 0.05) is 38.1 Å². The van der Waals surface area contributed by atoms with Crippen LogP contribution in [0.1, 0.15) is 39.0 Å². The van der Waals surface area contributed by atoms with Gasteiger partial charge in [-0.2, -0.15) is 17.5 Å². The van der Waals surface area contributed by atoms with E-state index in [1.165, 1.54) is 0 Å². The third-order valence-electron chi connectivity index (χ3n) is 4.87. The highest BCUT2D eigenvalue weighted by atomic mass is 127. The minimum Gasteiger partial charge on any atom is -0.393 e. The molecule has 2 rings (SSSR count). The van der Waals surface area contributed by atoms with Gasteiger partial charge in [-0.1, -0.05) is 6.42 Å². The molecular weight excluding hydrogens is 500 g/mol. The van der Waals surface area contributed by atoms with Gasteiger partial charge < -0.3 is 15.7 Å². The summed E-state index contributed by atoms with van der Waals surface area (Å²) >= 11 is 0. The second kappa shape index (κ2) is 10.4. The first-order valence-corrected chi connectivity index (χ1v) is 10.4. The summed E-state index contributed by atoms with van der Waals surface area (Å²) in [6, 6.07) is -0.152. The van der Waals surface area contributed by atoms with E-state index < -0.39 is 15.5 Å². The molecule has 1 saturated carbocycles. The SMILES string of the molecule is CCNC(=NCC1CCCC1O)NC1CCN(S(=O)(=O)C(F)(F)F)CC1.I. The summed E-state index contributed by atoms with van der Waals surface area (Å²) in [4.78, 5) is 4.47. The monoisotopic (exact) mass is 528 g/mol. The summed E-state index contributed by atoms with van der Waals surface area (Å²) in [7, 11) is -5.26. The van der Waals surface area contributed by atoms with Crippen molar-refractivity contribution in [1.82, 2.24) is 14.9 Å². The number of halogens is 4. The highest BCUT2D eigenvalue weighted by molar-refractivity contribution is 14.0. The Hall–Kier alpha value is -0.340. The number of hydrogen-bond donors (Lipinski definition) is 3. The third kappa shape index (κ3) is 6.60. The van der Waals surface area contributed by atoms with Crippen LogP contribution in [0.2, 0.25) is 0 Å². The zero-order valence-corrected chi connectivity index (χ0v) is 18.4. The van der Waals surface area contributed by atoms with E-state index in [4.69, 9.17) is 0 Å². The summed E-state index contributed by atoms with van der Waals surface area (Å²) in [6.07, 6.45) is 2.90. The van der Waals surface area contributed by atoms with Gasteiger partial charge in [0.25, 0.3) is 0 Å². The Morgan fingerprint density at radius 1 is 1.22 bits per heavy atom. The summed E-state index contributed by atoms with van der Waals surface area (Å²) in [6.45, 7) is 2.65. The second-order valence-corrected chi connectivity index (χ2v) is 8.68. The van der Waals surface area contributed by atoms with E-state index >= 15 is 0 Å². The van der Waals surface area contributed by atoms with Gasteiger partial charge in [0.15, 0.2) is 5.96 Å². The van der Waals surface area contributed by atoms with Gasteiger partial charge in [-0.25, -0.2) is 8.42 Å². The molecule has 160 valence electrons. The van der Waals surface area contributed by atoms with Crippen LogP contribution in [0.3, 0.4) is 0 Å². The molecule has 2 fully saturated rings. The maximum absolute atomic E-state index is 12.6. The Labute approximate surface area is 175 Å². The van der Waals surface area contributed by atoms with Crippen molar-refractivity contribution in [2.24, 2.45) is 10.9 Å². The quantitative estimate of drug-likeness (QED) is 0.287. The van der Waals surface area contributed by atoms with Crippen LogP contribution in [-0.4, -0.2) is 67.6 Å². The molecule has 1 saturated heterocycles. The lowest BCUT2D eigenvalue weighted by Crippen LogP contribution is -2.51. The Balaban J connectivity index is 0.00000364. The van der Waals surface area contributed by atoms with Crippen molar-refractivity contribution in [3.8, 4) is 0 Å². The summed E-state index contributed by atoms with van der Waals surface area (Å²) in [5.74, 6) is 0.674. The van der Waals surface area contributed by atoms with Gasteiger partial charge in [-0.15, -0.1) is 24.0 Å². The molecule has 1 heterocycles. The molecule has 27 heavy (non-hydrogen) atoms. The molecule has 0 aromatic carbocycles. The lowest BCUT2D eigenvalue weighted by atomic mass is 10.1.